The van der Waals surface area contributed by atoms with E-state index in [0.29, 0.717) is 17.1 Å². The van der Waals surface area contributed by atoms with Crippen molar-refractivity contribution in [3.05, 3.63) is 22.6 Å². The molecule has 0 bridgehead atoms. The number of nitrogens with one attached hydrogen (secondary N) is 1. The predicted molar refractivity (Wildman–Crippen MR) is 90.8 cm³/mol. The highest BCUT2D eigenvalue weighted by Gasteiger charge is 2.53. The van der Waals surface area contributed by atoms with Crippen LogP contribution in [0, 0.1) is 5.13 Å². The third kappa shape index (κ3) is 2.99. The second kappa shape index (κ2) is 6.92. The first-order valence-corrected chi connectivity index (χ1v) is 8.94. The minimum absolute atomic E-state index is 0.0981. The second-order valence-electron chi connectivity index (χ2n) is 5.07. The molecular formula is C13H12FN5O5S2. The van der Waals surface area contributed by atoms with Gasteiger partial charge in [-0.3, -0.25) is 14.5 Å². The number of anilines is 1. The zero-order valence-electron chi connectivity index (χ0n) is 13.1. The third-order valence-corrected chi connectivity index (χ3v) is 5.43. The van der Waals surface area contributed by atoms with E-state index in [1.54, 1.807) is 0 Å². The number of carbonyl (C=O) groups is 3. The fourth-order valence-electron chi connectivity index (χ4n) is 2.49. The minimum Gasteiger partial charge on any atom is -0.477 e. The number of nitrogen functional groups attached to an aromatic ring is 1. The van der Waals surface area contributed by atoms with Crippen LogP contribution in [0.3, 0.4) is 0 Å². The molecule has 4 N–H and O–H groups in total. The van der Waals surface area contributed by atoms with Gasteiger partial charge in [0.1, 0.15) is 29.9 Å². The van der Waals surface area contributed by atoms with Crippen molar-refractivity contribution in [1.29, 1.82) is 0 Å². The van der Waals surface area contributed by atoms with E-state index in [2.05, 4.69) is 20.3 Å². The van der Waals surface area contributed by atoms with Crippen LogP contribution in [0.4, 0.5) is 9.52 Å². The lowest BCUT2D eigenvalue weighted by Gasteiger charge is -2.48. The molecule has 0 spiro atoms. The first kappa shape index (κ1) is 18.1. The number of fused-ring (bicyclic) bond motifs is 1. The number of thiazole rings is 1. The Kier molecular flexibility index (Phi) is 4.82. The number of aromatic nitrogens is 1. The van der Waals surface area contributed by atoms with E-state index in [9.17, 15) is 18.8 Å². The summed E-state index contributed by atoms with van der Waals surface area (Å²) in [5, 5.41) is 13.5. The highest BCUT2D eigenvalue weighted by Crippen LogP contribution is 2.37. The van der Waals surface area contributed by atoms with Crippen molar-refractivity contribution in [2.24, 2.45) is 5.16 Å². The minimum atomic E-state index is -1.23. The van der Waals surface area contributed by atoms with Crippen molar-refractivity contribution in [3.63, 3.8) is 0 Å². The van der Waals surface area contributed by atoms with Crippen LogP contribution >= 0.6 is 23.1 Å². The molecule has 1 saturated heterocycles. The number of amides is 2. The van der Waals surface area contributed by atoms with Crippen LogP contribution in [-0.2, 0) is 19.2 Å². The largest absolute Gasteiger partial charge is 0.477 e. The summed E-state index contributed by atoms with van der Waals surface area (Å²) in [6.45, 7) is 0. The maximum atomic E-state index is 13.9. The number of halogens is 1. The molecule has 2 atom stereocenters. The van der Waals surface area contributed by atoms with Gasteiger partial charge in [-0.05, 0) is 6.08 Å². The molecule has 2 aliphatic rings. The van der Waals surface area contributed by atoms with Crippen LogP contribution in [-0.4, -0.2) is 62.8 Å². The maximum absolute atomic E-state index is 13.9. The lowest BCUT2D eigenvalue weighted by atomic mass is 10.0. The molecule has 13 heteroatoms. The fraction of sp³-hybridized carbons (Fsp3) is 0.308. The molecule has 0 saturated carbocycles. The van der Waals surface area contributed by atoms with Gasteiger partial charge < -0.3 is 21.0 Å². The van der Waals surface area contributed by atoms with Crippen molar-refractivity contribution in [2.75, 3.05) is 18.6 Å². The van der Waals surface area contributed by atoms with Crippen LogP contribution in [0.15, 0.2) is 16.9 Å². The summed E-state index contributed by atoms with van der Waals surface area (Å²) in [5.41, 5.74) is 4.42. The number of thioether (sulfide) groups is 1. The number of nitrogens with zero attached hydrogens (tertiary/aromatic N) is 3. The maximum Gasteiger partial charge on any atom is 0.352 e. The third-order valence-electron chi connectivity index (χ3n) is 3.58. The Labute approximate surface area is 153 Å². The van der Waals surface area contributed by atoms with Gasteiger partial charge in [0, 0.05) is 5.75 Å². The van der Waals surface area contributed by atoms with Crippen LogP contribution < -0.4 is 11.1 Å². The summed E-state index contributed by atoms with van der Waals surface area (Å²) in [4.78, 5) is 45.2. The Morgan fingerprint density at radius 3 is 2.88 bits per heavy atom. The van der Waals surface area contributed by atoms with E-state index < -0.39 is 45.7 Å². The molecule has 2 amide bonds. The molecule has 3 rings (SSSR count). The van der Waals surface area contributed by atoms with Crippen molar-refractivity contribution >= 4 is 51.7 Å². The van der Waals surface area contributed by atoms with Crippen LogP contribution in [0.2, 0.25) is 0 Å². The van der Waals surface area contributed by atoms with E-state index in [0.717, 1.165) is 12.0 Å². The number of carboxylic acids is 1. The summed E-state index contributed by atoms with van der Waals surface area (Å²) in [7, 11) is 1.16. The zero-order valence-corrected chi connectivity index (χ0v) is 14.8. The Balaban J connectivity index is 1.79. The quantitative estimate of drug-likeness (QED) is 0.342. The standard InChI is InChI=1S/C13H12FN5O5S2/c1-24-18-6(5-8(14)26-13(15)17-5)9(20)16-7-10(21)19-4(12(22)23)2-3-25-11(7)19/h2,7,11H,3H2,1H3,(H2,15,17)(H,16,20)(H,22,23). The molecule has 2 unspecified atom stereocenters. The molecule has 0 aliphatic carbocycles. The van der Waals surface area contributed by atoms with Gasteiger partial charge in [-0.25, -0.2) is 9.78 Å². The molecule has 138 valence electrons. The first-order chi connectivity index (χ1) is 12.3. The average Bonchev–Trinajstić information content (AvgIpc) is 2.94. The number of rotatable bonds is 5. The Bertz CT molecular complexity index is 854. The van der Waals surface area contributed by atoms with Crippen molar-refractivity contribution in [1.82, 2.24) is 15.2 Å². The SMILES string of the molecule is CON=C(C(=O)NC1C(=O)N2C(C(=O)O)=CCSC12)c1nc(N)sc1F. The van der Waals surface area contributed by atoms with Crippen LogP contribution in [0.25, 0.3) is 0 Å². The normalized spacial score (nSPS) is 22.2. The van der Waals surface area contributed by atoms with E-state index in [-0.39, 0.29) is 10.8 Å². The summed E-state index contributed by atoms with van der Waals surface area (Å²) < 4.78 is 13.9. The molecule has 3 heterocycles. The number of carboxylic acid groups (broad SMARTS) is 1. The van der Waals surface area contributed by atoms with Crippen molar-refractivity contribution in [3.8, 4) is 0 Å². The number of aliphatic carboxylic acids is 1. The van der Waals surface area contributed by atoms with Gasteiger partial charge >= 0.3 is 5.97 Å². The van der Waals surface area contributed by atoms with Gasteiger partial charge in [0.15, 0.2) is 10.8 Å². The lowest BCUT2D eigenvalue weighted by Crippen LogP contribution is -2.70. The topological polar surface area (TPSA) is 147 Å². The molecular weight excluding hydrogens is 389 g/mol. The Morgan fingerprint density at radius 1 is 1.58 bits per heavy atom. The zero-order chi connectivity index (χ0) is 19.0. The lowest BCUT2D eigenvalue weighted by molar-refractivity contribution is -0.150. The highest BCUT2D eigenvalue weighted by atomic mass is 32.2. The monoisotopic (exact) mass is 401 g/mol. The number of nitrogens with two attached hydrogens (primary N) is 1. The number of oxime groups is 1. The summed E-state index contributed by atoms with van der Waals surface area (Å²) in [6.07, 6.45) is 1.42. The molecule has 26 heavy (non-hydrogen) atoms. The molecule has 2 aliphatic heterocycles. The van der Waals surface area contributed by atoms with Gasteiger partial charge in [0.05, 0.1) is 0 Å². The Morgan fingerprint density at radius 2 is 2.31 bits per heavy atom. The number of hydrogen-bond donors (Lipinski definition) is 3. The summed E-state index contributed by atoms with van der Waals surface area (Å²) >= 11 is 1.82. The molecule has 0 radical (unpaired) electrons. The van der Waals surface area contributed by atoms with Gasteiger partial charge in [0.2, 0.25) is 5.13 Å². The van der Waals surface area contributed by atoms with E-state index >= 15 is 0 Å². The van der Waals surface area contributed by atoms with Gasteiger partial charge in [-0.2, -0.15) is 4.39 Å². The fourth-order valence-corrected chi connectivity index (χ4v) is 4.25. The molecule has 10 nitrogen and oxygen atoms in total. The predicted octanol–water partition coefficient (Wildman–Crippen LogP) is -0.417. The van der Waals surface area contributed by atoms with E-state index in [4.69, 9.17) is 10.8 Å². The van der Waals surface area contributed by atoms with Crippen molar-refractivity contribution < 1.29 is 28.7 Å². The summed E-state index contributed by atoms with van der Waals surface area (Å²) in [5.74, 6) is -2.32. The number of carbonyl (C=O) groups excluding carboxylic acids is 2. The number of hydrogen-bond acceptors (Lipinski definition) is 9. The van der Waals surface area contributed by atoms with Gasteiger partial charge in [0.25, 0.3) is 11.8 Å². The second-order valence-corrected chi connectivity index (χ2v) is 7.21. The molecule has 1 aromatic rings. The van der Waals surface area contributed by atoms with Gasteiger partial charge in [-0.1, -0.05) is 16.5 Å². The number of β-lactam (4-membered cyclic amide) rings is 1. The molecule has 1 fully saturated rings. The van der Waals surface area contributed by atoms with E-state index in [1.807, 2.05) is 0 Å². The van der Waals surface area contributed by atoms with E-state index in [1.165, 1.54) is 17.8 Å². The van der Waals surface area contributed by atoms with Gasteiger partial charge in [-0.15, -0.1) is 11.8 Å². The summed E-state index contributed by atoms with van der Waals surface area (Å²) in [6, 6.07) is -0.975. The first-order valence-electron chi connectivity index (χ1n) is 7.07. The smallest absolute Gasteiger partial charge is 0.352 e. The molecule has 0 aromatic carbocycles. The Hall–Kier alpha value is -2.67. The highest BCUT2D eigenvalue weighted by molar-refractivity contribution is 8.00. The molecule has 1 aromatic heterocycles. The average molecular weight is 401 g/mol. The van der Waals surface area contributed by atoms with Crippen molar-refractivity contribution in [2.45, 2.75) is 11.4 Å². The van der Waals surface area contributed by atoms with Crippen LogP contribution in [0.1, 0.15) is 5.69 Å². The van der Waals surface area contributed by atoms with Crippen LogP contribution in [0.5, 0.6) is 0 Å².